The summed E-state index contributed by atoms with van der Waals surface area (Å²) in [7, 11) is 0. The van der Waals surface area contributed by atoms with Crippen LogP contribution in [-0.2, 0) is 6.42 Å². The zero-order valence-electron chi connectivity index (χ0n) is 12.4. The van der Waals surface area contributed by atoms with E-state index in [1.165, 1.54) is 18.4 Å². The van der Waals surface area contributed by atoms with Gasteiger partial charge in [-0.3, -0.25) is 0 Å². The summed E-state index contributed by atoms with van der Waals surface area (Å²) in [5.74, 6) is 0.825. The molecule has 0 amide bonds. The number of halogens is 1. The number of unbranched alkanes of at least 4 members (excludes halogenated alkanes) is 1. The Morgan fingerprint density at radius 2 is 1.81 bits per heavy atom. The molecule has 0 aliphatic carbocycles. The molecule has 2 aromatic rings. The van der Waals surface area contributed by atoms with Crippen molar-refractivity contribution in [3.05, 3.63) is 64.7 Å². The second-order valence-electron chi connectivity index (χ2n) is 5.11. The predicted molar refractivity (Wildman–Crippen MR) is 88.9 cm³/mol. The van der Waals surface area contributed by atoms with Gasteiger partial charge in [0.2, 0.25) is 0 Å². The van der Waals surface area contributed by atoms with E-state index in [-0.39, 0.29) is 6.10 Å². The lowest BCUT2D eigenvalue weighted by Crippen LogP contribution is -2.18. The largest absolute Gasteiger partial charge is 0.484 e. The molecule has 0 fully saturated rings. The molecule has 112 valence electrons. The molecule has 2 rings (SSSR count). The molecule has 0 saturated heterocycles. The first-order chi connectivity index (χ1) is 10.2. The summed E-state index contributed by atoms with van der Waals surface area (Å²) in [4.78, 5) is 0. The Morgan fingerprint density at radius 1 is 1.10 bits per heavy atom. The molecule has 2 N–H and O–H groups in total. The number of hydrogen-bond donors (Lipinski definition) is 1. The first-order valence-corrected chi connectivity index (χ1v) is 7.82. The van der Waals surface area contributed by atoms with E-state index in [1.54, 1.807) is 0 Å². The van der Waals surface area contributed by atoms with Crippen LogP contribution in [0.3, 0.4) is 0 Å². The second kappa shape index (κ2) is 8.06. The molecular weight excluding hydrogens is 282 g/mol. The molecule has 0 aliphatic heterocycles. The lowest BCUT2D eigenvalue weighted by Gasteiger charge is -2.19. The van der Waals surface area contributed by atoms with Crippen molar-refractivity contribution in [2.24, 2.45) is 5.73 Å². The summed E-state index contributed by atoms with van der Waals surface area (Å²) in [5.41, 5.74) is 8.10. The van der Waals surface area contributed by atoms with Crippen LogP contribution in [0.4, 0.5) is 0 Å². The van der Waals surface area contributed by atoms with Crippen LogP contribution in [0.5, 0.6) is 5.75 Å². The summed E-state index contributed by atoms with van der Waals surface area (Å²) in [6.07, 6.45) is 3.31. The van der Waals surface area contributed by atoms with Gasteiger partial charge in [-0.25, -0.2) is 0 Å². The highest BCUT2D eigenvalue weighted by Gasteiger charge is 2.14. The predicted octanol–water partition coefficient (Wildman–Crippen LogP) is 4.76. The second-order valence-corrected chi connectivity index (χ2v) is 5.52. The van der Waals surface area contributed by atoms with Gasteiger partial charge in [-0.15, -0.1) is 0 Å². The van der Waals surface area contributed by atoms with E-state index in [4.69, 9.17) is 22.1 Å². The number of hydrogen-bond acceptors (Lipinski definition) is 2. The average molecular weight is 304 g/mol. The summed E-state index contributed by atoms with van der Waals surface area (Å²) in [5, 5.41) is 0.688. The molecule has 0 aliphatic rings. The third-order valence-corrected chi connectivity index (χ3v) is 3.83. The highest BCUT2D eigenvalue weighted by molar-refractivity contribution is 6.31. The zero-order chi connectivity index (χ0) is 15.1. The minimum Gasteiger partial charge on any atom is -0.484 e. The van der Waals surface area contributed by atoms with Crippen molar-refractivity contribution in [2.75, 3.05) is 6.54 Å². The molecule has 0 bridgehead atoms. The van der Waals surface area contributed by atoms with Gasteiger partial charge in [-0.2, -0.15) is 0 Å². The van der Waals surface area contributed by atoms with Gasteiger partial charge in [0.1, 0.15) is 11.9 Å². The third-order valence-electron chi connectivity index (χ3n) is 3.49. The maximum Gasteiger partial charge on any atom is 0.137 e. The van der Waals surface area contributed by atoms with E-state index in [0.29, 0.717) is 11.6 Å². The highest BCUT2D eigenvalue weighted by Crippen LogP contribution is 2.27. The molecule has 0 radical (unpaired) electrons. The maximum atomic E-state index is 6.21. The van der Waals surface area contributed by atoms with E-state index < -0.39 is 0 Å². The van der Waals surface area contributed by atoms with Gasteiger partial charge in [0.05, 0.1) is 0 Å². The quantitative estimate of drug-likeness (QED) is 0.800. The molecule has 0 spiro atoms. The molecule has 1 atom stereocenters. The zero-order valence-corrected chi connectivity index (χ0v) is 13.1. The van der Waals surface area contributed by atoms with E-state index >= 15 is 0 Å². The minimum atomic E-state index is -0.222. The molecule has 0 aromatic heterocycles. The Morgan fingerprint density at radius 3 is 2.43 bits per heavy atom. The van der Waals surface area contributed by atoms with Crippen LogP contribution >= 0.6 is 11.6 Å². The van der Waals surface area contributed by atoms with Crippen LogP contribution in [-0.4, -0.2) is 6.54 Å². The number of aryl methyl sites for hydroxylation is 1. The highest BCUT2D eigenvalue weighted by atomic mass is 35.5. The van der Waals surface area contributed by atoms with Gasteiger partial charge in [0.25, 0.3) is 0 Å². The summed E-state index contributed by atoms with van der Waals surface area (Å²) >= 11 is 6.21. The first-order valence-electron chi connectivity index (χ1n) is 7.44. The third kappa shape index (κ3) is 4.48. The number of rotatable bonds is 7. The normalized spacial score (nSPS) is 12.1. The van der Waals surface area contributed by atoms with Crippen LogP contribution in [0.1, 0.15) is 37.0 Å². The molecule has 21 heavy (non-hydrogen) atoms. The number of benzene rings is 2. The number of ether oxygens (including phenoxy) is 1. The van der Waals surface area contributed by atoms with Crippen LogP contribution in [0.15, 0.2) is 48.5 Å². The fourth-order valence-electron chi connectivity index (χ4n) is 2.25. The van der Waals surface area contributed by atoms with Crippen molar-refractivity contribution >= 4 is 11.6 Å². The van der Waals surface area contributed by atoms with Crippen LogP contribution in [0.2, 0.25) is 5.02 Å². The lowest BCUT2D eigenvalue weighted by molar-refractivity contribution is 0.214. The lowest BCUT2D eigenvalue weighted by atomic mass is 10.1. The topological polar surface area (TPSA) is 35.2 Å². The molecule has 3 heteroatoms. The van der Waals surface area contributed by atoms with E-state index in [9.17, 15) is 0 Å². The Hall–Kier alpha value is -1.51. The fraction of sp³-hybridized carbons (Fsp3) is 0.333. The average Bonchev–Trinajstić information content (AvgIpc) is 2.52. The van der Waals surface area contributed by atoms with Crippen LogP contribution < -0.4 is 10.5 Å². The van der Waals surface area contributed by atoms with Crippen molar-refractivity contribution in [1.29, 1.82) is 0 Å². The molecule has 2 nitrogen and oxygen atoms in total. The van der Waals surface area contributed by atoms with Crippen molar-refractivity contribution in [2.45, 2.75) is 32.3 Å². The number of nitrogens with two attached hydrogens (primary N) is 1. The molecule has 0 heterocycles. The summed E-state index contributed by atoms with van der Waals surface area (Å²) in [6.45, 7) is 2.59. The SMILES string of the molecule is CCCCc1ccc(OC(CN)c2ccccc2Cl)cc1. The minimum absolute atomic E-state index is 0.222. The molecular formula is C18H22ClNO. The standard InChI is InChI=1S/C18H22ClNO/c1-2-3-6-14-9-11-15(12-10-14)21-18(13-20)16-7-4-5-8-17(16)19/h4-5,7-12,18H,2-3,6,13,20H2,1H3. The van der Waals surface area contributed by atoms with Crippen molar-refractivity contribution in [3.8, 4) is 5.75 Å². The van der Waals surface area contributed by atoms with Crippen molar-refractivity contribution in [3.63, 3.8) is 0 Å². The van der Waals surface area contributed by atoms with Crippen molar-refractivity contribution < 1.29 is 4.74 Å². The monoisotopic (exact) mass is 303 g/mol. The van der Waals surface area contributed by atoms with Crippen molar-refractivity contribution in [1.82, 2.24) is 0 Å². The molecule has 2 aromatic carbocycles. The van der Waals surface area contributed by atoms with Gasteiger partial charge >= 0.3 is 0 Å². The fourth-order valence-corrected chi connectivity index (χ4v) is 2.51. The molecule has 0 saturated carbocycles. The van der Waals surface area contributed by atoms with Crippen LogP contribution in [0, 0.1) is 0 Å². The Kier molecular flexibility index (Phi) is 6.09. The van der Waals surface area contributed by atoms with Gasteiger partial charge < -0.3 is 10.5 Å². The van der Waals surface area contributed by atoms with Gasteiger partial charge in [-0.05, 0) is 36.6 Å². The summed E-state index contributed by atoms with van der Waals surface area (Å²) in [6, 6.07) is 15.9. The van der Waals surface area contributed by atoms with E-state index in [1.807, 2.05) is 36.4 Å². The van der Waals surface area contributed by atoms with Gasteiger partial charge in [0, 0.05) is 17.1 Å². The van der Waals surface area contributed by atoms with Gasteiger partial charge in [-0.1, -0.05) is 55.3 Å². The Balaban J connectivity index is 2.07. The molecule has 1 unspecified atom stereocenters. The smallest absolute Gasteiger partial charge is 0.137 e. The van der Waals surface area contributed by atoms with E-state index in [2.05, 4.69) is 19.1 Å². The first kappa shape index (κ1) is 15.9. The Labute approximate surface area is 131 Å². The van der Waals surface area contributed by atoms with Gasteiger partial charge in [0.15, 0.2) is 0 Å². The van der Waals surface area contributed by atoms with Crippen LogP contribution in [0.25, 0.3) is 0 Å². The Bertz CT molecular complexity index is 553. The maximum absolute atomic E-state index is 6.21. The summed E-state index contributed by atoms with van der Waals surface area (Å²) < 4.78 is 5.98. The van der Waals surface area contributed by atoms with E-state index in [0.717, 1.165) is 17.7 Å².